The topological polar surface area (TPSA) is 40.6 Å². The van der Waals surface area contributed by atoms with Gasteiger partial charge in [0.15, 0.2) is 0 Å². The van der Waals surface area contributed by atoms with Crippen molar-refractivity contribution in [3.8, 4) is 5.88 Å². The van der Waals surface area contributed by atoms with E-state index in [1.165, 1.54) is 37.7 Å². The van der Waals surface area contributed by atoms with E-state index in [-0.39, 0.29) is 18.3 Å². The molecule has 4 nitrogen and oxygen atoms in total. The van der Waals surface area contributed by atoms with Crippen LogP contribution in [0, 0.1) is 0 Å². The van der Waals surface area contributed by atoms with Crippen LogP contribution < -0.4 is 10.2 Å². The molecule has 23 heavy (non-hydrogen) atoms. The molecule has 5 heteroatoms. The van der Waals surface area contributed by atoms with E-state index in [1.807, 2.05) is 6.20 Å². The fraction of sp³-hybridized carbons (Fsp3) is 0.722. The van der Waals surface area contributed by atoms with Gasteiger partial charge in [0.25, 0.3) is 0 Å². The second-order valence-corrected chi connectivity index (χ2v) is 7.79. The van der Waals surface area contributed by atoms with E-state index in [9.17, 15) is 0 Å². The molecule has 0 radical (unpaired) electrons. The number of hydrogen-bond acceptors (Lipinski definition) is 4. The molecule has 2 heterocycles. The van der Waals surface area contributed by atoms with Gasteiger partial charge < -0.3 is 14.0 Å². The largest absolute Gasteiger partial charge is 0.496 e. The van der Waals surface area contributed by atoms with Gasteiger partial charge >= 0.3 is 7.12 Å². The third-order valence-corrected chi connectivity index (χ3v) is 5.66. The Morgan fingerprint density at radius 1 is 1.09 bits per heavy atom. The molecule has 1 saturated carbocycles. The lowest BCUT2D eigenvalue weighted by atomic mass is 9.77. The van der Waals surface area contributed by atoms with Gasteiger partial charge in [-0.2, -0.15) is 0 Å². The lowest BCUT2D eigenvalue weighted by Crippen LogP contribution is -2.41. The quantitative estimate of drug-likeness (QED) is 0.801. The highest BCUT2D eigenvalue weighted by atomic mass is 16.7. The lowest BCUT2D eigenvalue weighted by Gasteiger charge is -2.32. The number of ether oxygens (including phenoxy) is 1. The minimum absolute atomic E-state index is 0.331. The Morgan fingerprint density at radius 3 is 2.26 bits per heavy atom. The Labute approximate surface area is 140 Å². The third kappa shape index (κ3) is 3.13. The third-order valence-electron chi connectivity index (χ3n) is 5.66. The molecule has 0 N–H and O–H groups in total. The summed E-state index contributed by atoms with van der Waals surface area (Å²) in [5, 5.41) is 0. The van der Waals surface area contributed by atoms with Crippen LogP contribution in [0.15, 0.2) is 12.3 Å². The number of aromatic nitrogens is 1. The summed E-state index contributed by atoms with van der Waals surface area (Å²) in [5.74, 6) is 1.28. The molecule has 0 amide bonds. The molecule has 3 rings (SSSR count). The van der Waals surface area contributed by atoms with Crippen LogP contribution in [0.5, 0.6) is 5.88 Å². The monoisotopic (exact) mass is 317 g/mol. The predicted octanol–water partition coefficient (Wildman–Crippen LogP) is 3.44. The van der Waals surface area contributed by atoms with Crippen LogP contribution >= 0.6 is 0 Å². The highest BCUT2D eigenvalue weighted by molar-refractivity contribution is 6.62. The molecule has 1 aromatic rings. The summed E-state index contributed by atoms with van der Waals surface area (Å²) in [6.45, 7) is 8.30. The van der Waals surface area contributed by atoms with Crippen molar-refractivity contribution in [2.75, 3.05) is 7.11 Å². The summed E-state index contributed by atoms with van der Waals surface area (Å²) in [4.78, 5) is 4.53. The van der Waals surface area contributed by atoms with E-state index >= 15 is 0 Å². The summed E-state index contributed by atoms with van der Waals surface area (Å²) < 4.78 is 17.8. The zero-order chi connectivity index (χ0) is 16.7. The highest BCUT2D eigenvalue weighted by Gasteiger charge is 2.52. The van der Waals surface area contributed by atoms with Crippen molar-refractivity contribution >= 4 is 12.6 Å². The molecule has 1 aromatic heterocycles. The number of pyridine rings is 1. The SMILES string of the molecule is COc1ncc(B2OC(C)(C)C(C)(C)O2)cc1C1CCCCC1. The van der Waals surface area contributed by atoms with Gasteiger partial charge in [0, 0.05) is 17.2 Å². The van der Waals surface area contributed by atoms with Crippen LogP contribution in [-0.2, 0) is 9.31 Å². The van der Waals surface area contributed by atoms with Gasteiger partial charge in [0.2, 0.25) is 5.88 Å². The minimum Gasteiger partial charge on any atom is -0.481 e. The standard InChI is InChI=1S/C18H28BNO3/c1-17(2)18(3,4)23-19(22-17)14-11-15(16(21-5)20-12-14)13-9-7-6-8-10-13/h11-13H,6-10H2,1-5H3. The van der Waals surface area contributed by atoms with Crippen molar-refractivity contribution in [1.82, 2.24) is 4.98 Å². The minimum atomic E-state index is -0.360. The molecule has 1 aliphatic heterocycles. The molecule has 0 aromatic carbocycles. The number of methoxy groups -OCH3 is 1. The molecular formula is C18H28BNO3. The van der Waals surface area contributed by atoms with Gasteiger partial charge in [-0.3, -0.25) is 0 Å². The van der Waals surface area contributed by atoms with Gasteiger partial charge in [-0.05, 0) is 46.5 Å². The van der Waals surface area contributed by atoms with Crippen molar-refractivity contribution in [1.29, 1.82) is 0 Å². The Morgan fingerprint density at radius 2 is 1.70 bits per heavy atom. The first-order chi connectivity index (χ1) is 10.8. The molecule has 126 valence electrons. The van der Waals surface area contributed by atoms with Crippen molar-refractivity contribution in [2.45, 2.75) is 76.9 Å². The number of nitrogens with zero attached hydrogens (tertiary/aromatic N) is 1. The van der Waals surface area contributed by atoms with Crippen molar-refractivity contribution in [3.63, 3.8) is 0 Å². The molecule has 1 saturated heterocycles. The molecule has 2 fully saturated rings. The lowest BCUT2D eigenvalue weighted by molar-refractivity contribution is 0.00578. The van der Waals surface area contributed by atoms with Crippen molar-refractivity contribution < 1.29 is 14.0 Å². The van der Waals surface area contributed by atoms with Crippen LogP contribution in [0.2, 0.25) is 0 Å². The van der Waals surface area contributed by atoms with Crippen molar-refractivity contribution in [2.24, 2.45) is 0 Å². The number of rotatable bonds is 3. The summed E-state index contributed by atoms with van der Waals surface area (Å²) in [6, 6.07) is 2.18. The summed E-state index contributed by atoms with van der Waals surface area (Å²) >= 11 is 0. The molecule has 0 spiro atoms. The van der Waals surface area contributed by atoms with Crippen LogP contribution in [0.3, 0.4) is 0 Å². The normalized spacial score (nSPS) is 24.0. The average Bonchev–Trinajstić information content (AvgIpc) is 2.75. The van der Waals surface area contributed by atoms with Gasteiger partial charge in [-0.15, -0.1) is 0 Å². The van der Waals surface area contributed by atoms with E-state index < -0.39 is 0 Å². The number of hydrogen-bond donors (Lipinski definition) is 0. The molecule has 1 aliphatic carbocycles. The predicted molar refractivity (Wildman–Crippen MR) is 92.3 cm³/mol. The van der Waals surface area contributed by atoms with Crippen LogP contribution in [-0.4, -0.2) is 30.4 Å². The maximum absolute atomic E-state index is 6.16. The Bertz CT molecular complexity index is 551. The van der Waals surface area contributed by atoms with E-state index in [0.717, 1.165) is 11.3 Å². The molecule has 0 unspecified atom stereocenters. The maximum Gasteiger partial charge on any atom is 0.496 e. The Kier molecular flexibility index (Phi) is 4.45. The Balaban J connectivity index is 1.89. The van der Waals surface area contributed by atoms with Gasteiger partial charge in [0.05, 0.1) is 18.3 Å². The molecule has 2 aliphatic rings. The fourth-order valence-corrected chi connectivity index (χ4v) is 3.47. The maximum atomic E-state index is 6.16. The second kappa shape index (κ2) is 6.10. The molecule has 0 bridgehead atoms. The van der Waals surface area contributed by atoms with Gasteiger partial charge in [-0.1, -0.05) is 25.3 Å². The van der Waals surface area contributed by atoms with Gasteiger partial charge in [0.1, 0.15) is 0 Å². The van der Waals surface area contributed by atoms with E-state index in [0.29, 0.717) is 5.92 Å². The molecule has 0 atom stereocenters. The first-order valence-electron chi connectivity index (χ1n) is 8.73. The van der Waals surface area contributed by atoms with Crippen LogP contribution in [0.4, 0.5) is 0 Å². The van der Waals surface area contributed by atoms with Crippen LogP contribution in [0.1, 0.15) is 71.3 Å². The summed E-state index contributed by atoms with van der Waals surface area (Å²) in [5.41, 5.74) is 1.54. The van der Waals surface area contributed by atoms with E-state index in [1.54, 1.807) is 7.11 Å². The van der Waals surface area contributed by atoms with Gasteiger partial charge in [-0.25, -0.2) is 4.98 Å². The second-order valence-electron chi connectivity index (χ2n) is 7.79. The first kappa shape index (κ1) is 16.8. The van der Waals surface area contributed by atoms with Crippen molar-refractivity contribution in [3.05, 3.63) is 17.8 Å². The molecular weight excluding hydrogens is 289 g/mol. The fourth-order valence-electron chi connectivity index (χ4n) is 3.47. The average molecular weight is 317 g/mol. The highest BCUT2D eigenvalue weighted by Crippen LogP contribution is 2.38. The van der Waals surface area contributed by atoms with E-state index in [4.69, 9.17) is 14.0 Å². The zero-order valence-electron chi connectivity index (χ0n) is 15.0. The van der Waals surface area contributed by atoms with E-state index in [2.05, 4.69) is 38.7 Å². The van der Waals surface area contributed by atoms with Crippen LogP contribution in [0.25, 0.3) is 0 Å². The smallest absolute Gasteiger partial charge is 0.481 e. The summed E-state index contributed by atoms with van der Waals surface area (Å²) in [6.07, 6.45) is 8.16. The zero-order valence-corrected chi connectivity index (χ0v) is 15.0. The summed E-state index contributed by atoms with van der Waals surface area (Å²) in [7, 11) is 1.34. The first-order valence-corrected chi connectivity index (χ1v) is 8.73. The Hall–Kier alpha value is -1.07.